The zero-order valence-electron chi connectivity index (χ0n) is 10.3. The zero-order chi connectivity index (χ0) is 14.0. The van der Waals surface area contributed by atoms with Crippen LogP contribution in [0.2, 0.25) is 0 Å². The SMILES string of the molecule is O=[P+](OC/C=C/c1ncn[nH]1)OC/C=C/c1ncn[nH]1. The summed E-state index contributed by atoms with van der Waals surface area (Å²) in [5.74, 6) is 1.19. The van der Waals surface area contributed by atoms with Crippen LogP contribution in [0.4, 0.5) is 0 Å². The van der Waals surface area contributed by atoms with Crippen LogP contribution in [0, 0.1) is 0 Å². The van der Waals surface area contributed by atoms with E-state index in [0.717, 1.165) is 0 Å². The fourth-order valence-electron chi connectivity index (χ4n) is 1.16. The quantitative estimate of drug-likeness (QED) is 0.705. The van der Waals surface area contributed by atoms with Gasteiger partial charge in [0.2, 0.25) is 0 Å². The third-order valence-electron chi connectivity index (χ3n) is 1.97. The predicted molar refractivity (Wildman–Crippen MR) is 70.3 cm³/mol. The van der Waals surface area contributed by atoms with Crippen LogP contribution in [0.1, 0.15) is 11.6 Å². The number of hydrogen-bond acceptors (Lipinski definition) is 7. The third kappa shape index (κ3) is 5.19. The van der Waals surface area contributed by atoms with Gasteiger partial charge in [0.15, 0.2) is 0 Å². The van der Waals surface area contributed by atoms with Crippen molar-refractivity contribution >= 4 is 20.4 Å². The summed E-state index contributed by atoms with van der Waals surface area (Å²) >= 11 is 0. The molecule has 2 aromatic rings. The smallest absolute Gasteiger partial charge is 0.260 e. The molecule has 104 valence electrons. The molecule has 0 bridgehead atoms. The van der Waals surface area contributed by atoms with Crippen LogP contribution in [0.3, 0.4) is 0 Å². The fourth-order valence-corrected chi connectivity index (χ4v) is 1.65. The van der Waals surface area contributed by atoms with Gasteiger partial charge in [-0.15, -0.1) is 9.05 Å². The fraction of sp³-hybridized carbons (Fsp3) is 0.200. The molecule has 0 unspecified atom stereocenters. The van der Waals surface area contributed by atoms with E-state index >= 15 is 0 Å². The first-order chi connectivity index (χ1) is 9.84. The van der Waals surface area contributed by atoms with Crippen LogP contribution < -0.4 is 0 Å². The highest BCUT2D eigenvalue weighted by molar-refractivity contribution is 7.33. The van der Waals surface area contributed by atoms with Crippen molar-refractivity contribution in [1.82, 2.24) is 30.4 Å². The van der Waals surface area contributed by atoms with Crippen molar-refractivity contribution in [1.29, 1.82) is 0 Å². The van der Waals surface area contributed by atoms with Crippen molar-refractivity contribution in [3.8, 4) is 0 Å². The summed E-state index contributed by atoms with van der Waals surface area (Å²) in [6.45, 7) is 0.309. The lowest BCUT2D eigenvalue weighted by Crippen LogP contribution is -1.87. The Morgan fingerprint density at radius 1 is 1.00 bits per heavy atom. The molecule has 10 heteroatoms. The van der Waals surface area contributed by atoms with E-state index in [1.165, 1.54) is 12.7 Å². The van der Waals surface area contributed by atoms with Crippen LogP contribution in [-0.2, 0) is 13.6 Å². The first kappa shape index (κ1) is 14.2. The van der Waals surface area contributed by atoms with Crippen molar-refractivity contribution in [3.05, 3.63) is 36.5 Å². The Bertz CT molecular complexity index is 516. The summed E-state index contributed by atoms with van der Waals surface area (Å²) in [7, 11) is -2.16. The molecular weight excluding hydrogens is 283 g/mol. The second-order valence-corrected chi connectivity index (χ2v) is 4.32. The van der Waals surface area contributed by atoms with E-state index in [0.29, 0.717) is 11.6 Å². The topological polar surface area (TPSA) is 119 Å². The lowest BCUT2D eigenvalue weighted by Gasteiger charge is -1.85. The highest BCUT2D eigenvalue weighted by Crippen LogP contribution is 2.23. The molecule has 2 rings (SSSR count). The molecule has 0 aliphatic heterocycles. The van der Waals surface area contributed by atoms with Gasteiger partial charge >= 0.3 is 8.25 Å². The monoisotopic (exact) mass is 295 g/mol. The van der Waals surface area contributed by atoms with Crippen molar-refractivity contribution in [2.24, 2.45) is 0 Å². The number of H-pyrrole nitrogens is 2. The summed E-state index contributed by atoms with van der Waals surface area (Å²) in [6.07, 6.45) is 9.43. The van der Waals surface area contributed by atoms with Crippen molar-refractivity contribution < 1.29 is 13.6 Å². The van der Waals surface area contributed by atoms with E-state index in [-0.39, 0.29) is 13.2 Å². The minimum atomic E-state index is -2.16. The van der Waals surface area contributed by atoms with E-state index < -0.39 is 8.25 Å². The van der Waals surface area contributed by atoms with Gasteiger partial charge in [-0.2, -0.15) is 10.2 Å². The normalized spacial score (nSPS) is 11.6. The van der Waals surface area contributed by atoms with Gasteiger partial charge in [0.1, 0.15) is 37.5 Å². The maximum atomic E-state index is 11.3. The first-order valence-electron chi connectivity index (χ1n) is 5.61. The molecule has 2 aromatic heterocycles. The number of aromatic nitrogens is 6. The Balaban J connectivity index is 1.58. The average molecular weight is 295 g/mol. The Hall–Kier alpha value is -2.22. The lowest BCUT2D eigenvalue weighted by molar-refractivity contribution is 0.261. The van der Waals surface area contributed by atoms with Gasteiger partial charge in [-0.05, 0) is 12.2 Å². The molecular formula is C10H12N6O3P+. The van der Waals surface area contributed by atoms with Gasteiger partial charge in [-0.3, -0.25) is 10.2 Å². The van der Waals surface area contributed by atoms with Crippen molar-refractivity contribution in [2.75, 3.05) is 13.2 Å². The maximum absolute atomic E-state index is 11.3. The summed E-state index contributed by atoms with van der Waals surface area (Å²) < 4.78 is 21.2. The Kier molecular flexibility index (Phi) is 5.71. The van der Waals surface area contributed by atoms with Gasteiger partial charge in [-0.1, -0.05) is 12.2 Å². The van der Waals surface area contributed by atoms with Crippen LogP contribution >= 0.6 is 8.25 Å². The standard InChI is InChI=1S/C10H12N6O3P/c17-20(18-5-1-3-9-11-7-13-15-9)19-6-2-4-10-12-8-14-16-10/h1-4,7-8H,5-6H2,(H,11,13,15)(H,12,14,16)/q+1/b3-1+,4-2+. The molecule has 0 saturated carbocycles. The predicted octanol–water partition coefficient (Wildman–Crippen LogP) is 1.34. The summed E-state index contributed by atoms with van der Waals surface area (Å²) in [5.41, 5.74) is 0. The van der Waals surface area contributed by atoms with Gasteiger partial charge in [0.05, 0.1) is 0 Å². The Labute approximate surface area is 115 Å². The Morgan fingerprint density at radius 2 is 1.50 bits per heavy atom. The second-order valence-electron chi connectivity index (χ2n) is 3.36. The summed E-state index contributed by atoms with van der Waals surface area (Å²) in [5, 5.41) is 12.7. The molecule has 0 aliphatic carbocycles. The van der Waals surface area contributed by atoms with Crippen LogP contribution in [-0.4, -0.2) is 43.6 Å². The largest absolute Gasteiger partial charge is 0.698 e. The number of aromatic amines is 2. The second kappa shape index (κ2) is 8.05. The zero-order valence-corrected chi connectivity index (χ0v) is 11.2. The minimum absolute atomic E-state index is 0.154. The molecule has 0 aliphatic rings. The number of rotatable bonds is 8. The molecule has 0 radical (unpaired) electrons. The lowest BCUT2D eigenvalue weighted by atomic mass is 10.5. The summed E-state index contributed by atoms with van der Waals surface area (Å²) in [4.78, 5) is 7.76. The van der Waals surface area contributed by atoms with E-state index in [9.17, 15) is 4.57 Å². The molecule has 9 nitrogen and oxygen atoms in total. The number of nitrogens with zero attached hydrogens (tertiary/aromatic N) is 4. The van der Waals surface area contributed by atoms with Crippen molar-refractivity contribution in [2.45, 2.75) is 0 Å². The van der Waals surface area contributed by atoms with Crippen LogP contribution in [0.15, 0.2) is 24.8 Å². The molecule has 2 heterocycles. The first-order valence-corrected chi connectivity index (χ1v) is 6.71. The molecule has 0 fully saturated rings. The Morgan fingerprint density at radius 3 is 1.90 bits per heavy atom. The maximum Gasteiger partial charge on any atom is 0.698 e. The van der Waals surface area contributed by atoms with Crippen LogP contribution in [0.25, 0.3) is 12.2 Å². The third-order valence-corrected chi connectivity index (χ3v) is 2.69. The number of hydrogen-bond donors (Lipinski definition) is 2. The molecule has 0 spiro atoms. The molecule has 20 heavy (non-hydrogen) atoms. The molecule has 0 amide bonds. The average Bonchev–Trinajstić information content (AvgIpc) is 3.13. The highest BCUT2D eigenvalue weighted by atomic mass is 31.1. The van der Waals surface area contributed by atoms with E-state index in [2.05, 4.69) is 30.4 Å². The molecule has 0 atom stereocenters. The highest BCUT2D eigenvalue weighted by Gasteiger charge is 2.17. The van der Waals surface area contributed by atoms with Gasteiger partial charge in [0.25, 0.3) is 0 Å². The van der Waals surface area contributed by atoms with E-state index in [1.807, 2.05) is 0 Å². The van der Waals surface area contributed by atoms with Gasteiger partial charge < -0.3 is 0 Å². The van der Waals surface area contributed by atoms with E-state index in [1.54, 1.807) is 24.3 Å². The van der Waals surface area contributed by atoms with Crippen molar-refractivity contribution in [3.63, 3.8) is 0 Å². The van der Waals surface area contributed by atoms with E-state index in [4.69, 9.17) is 9.05 Å². The molecule has 2 N–H and O–H groups in total. The minimum Gasteiger partial charge on any atom is -0.260 e. The molecule has 0 saturated heterocycles. The van der Waals surface area contributed by atoms with Gasteiger partial charge in [-0.25, -0.2) is 9.97 Å². The van der Waals surface area contributed by atoms with Gasteiger partial charge in [0, 0.05) is 4.57 Å². The number of nitrogens with one attached hydrogen (secondary N) is 2. The van der Waals surface area contributed by atoms with Crippen LogP contribution in [0.5, 0.6) is 0 Å². The molecule has 0 aromatic carbocycles. The summed E-state index contributed by atoms with van der Waals surface area (Å²) in [6, 6.07) is 0.